The number of hydrogen-bond donors (Lipinski definition) is 0. The molecule has 0 nitrogen and oxygen atoms in total. The average molecular weight is 249 g/mol. The third-order valence-corrected chi connectivity index (χ3v) is 3.50. The van der Waals surface area contributed by atoms with Crippen LogP contribution < -0.4 is 0 Å². The first kappa shape index (κ1) is 12.4. The zero-order valence-electron chi connectivity index (χ0n) is 8.70. The van der Waals surface area contributed by atoms with Crippen LogP contribution in [0.3, 0.4) is 0 Å². The fourth-order valence-electron chi connectivity index (χ4n) is 1.21. The Labute approximate surface area is 96.5 Å². The van der Waals surface area contributed by atoms with Gasteiger partial charge in [-0.2, -0.15) is 0 Å². The summed E-state index contributed by atoms with van der Waals surface area (Å²) in [7, 11) is 0. The van der Waals surface area contributed by atoms with Crippen LogP contribution in [-0.4, -0.2) is 0 Å². The highest BCUT2D eigenvalue weighted by molar-refractivity contribution is 7.19. The molecule has 0 spiro atoms. The summed E-state index contributed by atoms with van der Waals surface area (Å²) in [4.78, 5) is 0.807. The van der Waals surface area contributed by atoms with Crippen molar-refractivity contribution in [3.63, 3.8) is 0 Å². The van der Waals surface area contributed by atoms with Gasteiger partial charge in [-0.15, -0.1) is 11.3 Å². The highest BCUT2D eigenvalue weighted by Crippen LogP contribution is 2.36. The Morgan fingerprint density at radius 3 is 2.40 bits per heavy atom. The molecule has 2 aromatic rings. The van der Waals surface area contributed by atoms with Gasteiger partial charge in [-0.1, -0.05) is 25.4 Å². The zero-order chi connectivity index (χ0) is 11.6. The van der Waals surface area contributed by atoms with Crippen LogP contribution in [0.4, 0.5) is 8.78 Å². The molecule has 82 valence electrons. The van der Waals surface area contributed by atoms with E-state index in [1.54, 1.807) is 6.92 Å². The third-order valence-electron chi connectivity index (χ3n) is 1.85. The lowest BCUT2D eigenvalue weighted by Crippen LogP contribution is -1.82. The molecule has 1 aromatic carbocycles. The largest absolute Gasteiger partial charge is 0.204 e. The van der Waals surface area contributed by atoms with E-state index < -0.39 is 11.6 Å². The van der Waals surface area contributed by atoms with E-state index in [9.17, 15) is 8.78 Å². The molecule has 1 aromatic heterocycles. The van der Waals surface area contributed by atoms with Crippen molar-refractivity contribution in [3.8, 4) is 0 Å². The van der Waals surface area contributed by atoms with E-state index >= 15 is 0 Å². The first-order valence-electron chi connectivity index (χ1n) is 4.64. The lowest BCUT2D eigenvalue weighted by atomic mass is 10.2. The fraction of sp³-hybridized carbons (Fsp3) is 0.273. The maximum atomic E-state index is 13.2. The van der Waals surface area contributed by atoms with Crippen LogP contribution in [0.5, 0.6) is 0 Å². The molecule has 0 unspecified atom stereocenters. The van der Waals surface area contributed by atoms with Crippen molar-refractivity contribution in [2.75, 3.05) is 0 Å². The van der Waals surface area contributed by atoms with Crippen molar-refractivity contribution in [3.05, 3.63) is 33.7 Å². The summed E-state index contributed by atoms with van der Waals surface area (Å²) < 4.78 is 26.7. The summed E-state index contributed by atoms with van der Waals surface area (Å²) in [6.45, 7) is 5.78. The number of benzene rings is 1. The lowest BCUT2D eigenvalue weighted by Gasteiger charge is -1.94. The average Bonchev–Trinajstić information content (AvgIpc) is 2.53. The van der Waals surface area contributed by atoms with Crippen LogP contribution in [0.1, 0.15) is 18.7 Å². The number of rotatable bonds is 0. The molecule has 0 N–H and O–H groups in total. The van der Waals surface area contributed by atoms with Gasteiger partial charge in [0, 0.05) is 9.58 Å². The Bertz CT molecular complexity index is 477. The van der Waals surface area contributed by atoms with Gasteiger partial charge in [0.1, 0.15) is 0 Å². The van der Waals surface area contributed by atoms with Crippen LogP contribution in [0, 0.1) is 18.6 Å². The van der Waals surface area contributed by atoms with E-state index in [2.05, 4.69) is 0 Å². The van der Waals surface area contributed by atoms with Crippen molar-refractivity contribution in [2.45, 2.75) is 20.8 Å². The number of aryl methyl sites for hydroxylation is 1. The SMILES string of the molecule is CC.Cc1sc2ccc(F)c(F)c2c1Cl. The molecular weight excluding hydrogens is 238 g/mol. The number of fused-ring (bicyclic) bond motifs is 1. The van der Waals surface area contributed by atoms with Gasteiger partial charge in [0.2, 0.25) is 0 Å². The summed E-state index contributed by atoms with van der Waals surface area (Å²) in [6.07, 6.45) is 0. The molecule has 1 heterocycles. The lowest BCUT2D eigenvalue weighted by molar-refractivity contribution is 0.517. The Hall–Kier alpha value is -0.670. The molecule has 0 radical (unpaired) electrons. The van der Waals surface area contributed by atoms with Crippen molar-refractivity contribution < 1.29 is 8.78 Å². The normalized spacial score (nSPS) is 10.0. The highest BCUT2D eigenvalue weighted by atomic mass is 35.5. The molecule has 0 amide bonds. The van der Waals surface area contributed by atoms with Gasteiger partial charge in [-0.3, -0.25) is 0 Å². The van der Waals surface area contributed by atoms with Gasteiger partial charge >= 0.3 is 0 Å². The standard InChI is InChI=1S/C9H5ClF2S.C2H6/c1-4-8(10)7-6(13-4)3-2-5(11)9(7)12;1-2/h2-3H,1H3;1-2H3. The first-order chi connectivity index (χ1) is 7.11. The van der Waals surface area contributed by atoms with E-state index in [0.717, 1.165) is 10.9 Å². The molecule has 0 atom stereocenters. The molecule has 15 heavy (non-hydrogen) atoms. The minimum absolute atomic E-state index is 0.198. The Morgan fingerprint density at radius 2 is 1.80 bits per heavy atom. The number of halogens is 3. The van der Waals surface area contributed by atoms with Crippen LogP contribution in [-0.2, 0) is 0 Å². The molecule has 0 bridgehead atoms. The predicted molar refractivity (Wildman–Crippen MR) is 62.8 cm³/mol. The Kier molecular flexibility index (Phi) is 4.05. The number of thiophene rings is 1. The van der Waals surface area contributed by atoms with E-state index in [4.69, 9.17) is 11.6 Å². The molecular formula is C11H11ClF2S. The van der Waals surface area contributed by atoms with Gasteiger partial charge in [-0.25, -0.2) is 8.78 Å². The van der Waals surface area contributed by atoms with Gasteiger partial charge < -0.3 is 0 Å². The van der Waals surface area contributed by atoms with Crippen molar-refractivity contribution >= 4 is 33.0 Å². The molecule has 0 fully saturated rings. The van der Waals surface area contributed by atoms with Gasteiger partial charge in [0.15, 0.2) is 11.6 Å². The quantitative estimate of drug-likeness (QED) is 0.604. The van der Waals surface area contributed by atoms with Crippen LogP contribution in [0.15, 0.2) is 12.1 Å². The smallest absolute Gasteiger partial charge is 0.168 e. The van der Waals surface area contributed by atoms with E-state index in [1.807, 2.05) is 13.8 Å². The Morgan fingerprint density at radius 1 is 1.20 bits per heavy atom. The maximum absolute atomic E-state index is 13.2. The van der Waals surface area contributed by atoms with Crippen LogP contribution >= 0.6 is 22.9 Å². The predicted octanol–water partition coefficient (Wildman–Crippen LogP) is 5.17. The summed E-state index contributed by atoms with van der Waals surface area (Å²) in [5.74, 6) is -1.71. The number of hydrogen-bond acceptors (Lipinski definition) is 1. The van der Waals surface area contributed by atoms with Crippen LogP contribution in [0.2, 0.25) is 5.02 Å². The minimum Gasteiger partial charge on any atom is -0.204 e. The van der Waals surface area contributed by atoms with E-state index in [1.165, 1.54) is 17.4 Å². The molecule has 0 aliphatic carbocycles. The van der Waals surface area contributed by atoms with Crippen molar-refractivity contribution in [1.82, 2.24) is 0 Å². The minimum atomic E-state index is -0.855. The Balaban J connectivity index is 0.000000531. The molecule has 4 heteroatoms. The second-order valence-electron chi connectivity index (χ2n) is 2.71. The molecule has 0 saturated heterocycles. The van der Waals surface area contributed by atoms with E-state index in [0.29, 0.717) is 9.72 Å². The molecule has 0 aliphatic rings. The van der Waals surface area contributed by atoms with Gasteiger partial charge in [0.25, 0.3) is 0 Å². The summed E-state index contributed by atoms with van der Waals surface area (Å²) in [5, 5.41) is 0.515. The fourth-order valence-corrected chi connectivity index (χ4v) is 2.52. The summed E-state index contributed by atoms with van der Waals surface area (Å²) in [5.41, 5.74) is 0. The molecule has 0 aliphatic heterocycles. The third kappa shape index (κ3) is 2.13. The summed E-state index contributed by atoms with van der Waals surface area (Å²) >= 11 is 7.19. The summed E-state index contributed by atoms with van der Waals surface area (Å²) in [6, 6.07) is 2.65. The van der Waals surface area contributed by atoms with E-state index in [-0.39, 0.29) is 5.39 Å². The maximum Gasteiger partial charge on any atom is 0.168 e. The monoisotopic (exact) mass is 248 g/mol. The molecule has 2 rings (SSSR count). The zero-order valence-corrected chi connectivity index (χ0v) is 10.3. The second-order valence-corrected chi connectivity index (χ2v) is 4.34. The van der Waals surface area contributed by atoms with Gasteiger partial charge in [0.05, 0.1) is 10.4 Å². The molecule has 0 saturated carbocycles. The highest BCUT2D eigenvalue weighted by Gasteiger charge is 2.14. The van der Waals surface area contributed by atoms with Gasteiger partial charge in [-0.05, 0) is 19.1 Å². The topological polar surface area (TPSA) is 0 Å². The van der Waals surface area contributed by atoms with Crippen molar-refractivity contribution in [1.29, 1.82) is 0 Å². The first-order valence-corrected chi connectivity index (χ1v) is 5.83. The second kappa shape index (κ2) is 4.90. The van der Waals surface area contributed by atoms with Crippen LogP contribution in [0.25, 0.3) is 10.1 Å². The van der Waals surface area contributed by atoms with Crippen molar-refractivity contribution in [2.24, 2.45) is 0 Å².